The second kappa shape index (κ2) is 3.60. The summed E-state index contributed by atoms with van der Waals surface area (Å²) in [5.74, 6) is -1.91. The number of rotatable bonds is 2. The molecule has 0 saturated carbocycles. The minimum absolute atomic E-state index is 0.0746. The molecule has 0 amide bonds. The number of carboxylic acid groups (broad SMARTS) is 2. The Kier molecular flexibility index (Phi) is 2.70. The van der Waals surface area contributed by atoms with Gasteiger partial charge in [0.25, 0.3) is 0 Å². The first-order chi connectivity index (χ1) is 6.02. The smallest absolute Gasteiger partial charge is 0.332 e. The highest BCUT2D eigenvalue weighted by molar-refractivity contribution is 5.99. The molecule has 72 valence electrons. The quantitative estimate of drug-likeness (QED) is 0.677. The van der Waals surface area contributed by atoms with Crippen LogP contribution in [0.1, 0.15) is 26.2 Å². The zero-order valence-corrected chi connectivity index (χ0v) is 7.41. The molecule has 0 heterocycles. The first-order valence-electron chi connectivity index (χ1n) is 4.21. The van der Waals surface area contributed by atoms with E-state index in [0.29, 0.717) is 12.8 Å². The van der Waals surface area contributed by atoms with Crippen molar-refractivity contribution in [2.45, 2.75) is 26.2 Å². The molecule has 0 aromatic carbocycles. The van der Waals surface area contributed by atoms with Crippen LogP contribution in [0.25, 0.3) is 0 Å². The maximum absolute atomic E-state index is 10.7. The topological polar surface area (TPSA) is 74.6 Å². The predicted molar refractivity (Wildman–Crippen MR) is 45.3 cm³/mol. The molecule has 0 aromatic heterocycles. The van der Waals surface area contributed by atoms with Crippen LogP contribution in [0, 0.1) is 5.92 Å². The Hall–Kier alpha value is -1.32. The maximum Gasteiger partial charge on any atom is 0.332 e. The summed E-state index contributed by atoms with van der Waals surface area (Å²) < 4.78 is 0. The molecule has 0 radical (unpaired) electrons. The van der Waals surface area contributed by atoms with Crippen LogP contribution in [-0.2, 0) is 9.59 Å². The average Bonchev–Trinajstić information content (AvgIpc) is 2.03. The summed E-state index contributed by atoms with van der Waals surface area (Å²) in [5, 5.41) is 17.5. The molecule has 0 aromatic rings. The lowest BCUT2D eigenvalue weighted by molar-refractivity contribution is -0.136. The minimum Gasteiger partial charge on any atom is -0.478 e. The molecule has 4 heteroatoms. The summed E-state index contributed by atoms with van der Waals surface area (Å²) in [7, 11) is 0. The summed E-state index contributed by atoms with van der Waals surface area (Å²) in [6.07, 6.45) is 1.51. The normalized spacial score (nSPS) is 23.0. The minimum atomic E-state index is -1.09. The molecule has 13 heavy (non-hydrogen) atoms. The van der Waals surface area contributed by atoms with E-state index in [0.717, 1.165) is 6.42 Å². The Morgan fingerprint density at radius 1 is 1.23 bits per heavy atom. The second-order valence-electron chi connectivity index (χ2n) is 3.42. The molecular weight excluding hydrogens is 172 g/mol. The Morgan fingerprint density at radius 2 is 1.77 bits per heavy atom. The molecule has 0 fully saturated rings. The largest absolute Gasteiger partial charge is 0.478 e. The van der Waals surface area contributed by atoms with Crippen LogP contribution in [0.2, 0.25) is 0 Å². The van der Waals surface area contributed by atoms with E-state index in [4.69, 9.17) is 10.2 Å². The molecule has 4 nitrogen and oxygen atoms in total. The second-order valence-corrected chi connectivity index (χ2v) is 3.42. The van der Waals surface area contributed by atoms with Gasteiger partial charge in [-0.05, 0) is 25.2 Å². The third kappa shape index (κ3) is 2.08. The van der Waals surface area contributed by atoms with Gasteiger partial charge in [-0.1, -0.05) is 6.92 Å². The average molecular weight is 184 g/mol. The van der Waals surface area contributed by atoms with Crippen LogP contribution < -0.4 is 0 Å². The Labute approximate surface area is 75.9 Å². The van der Waals surface area contributed by atoms with Crippen LogP contribution >= 0.6 is 0 Å². The number of aliphatic carboxylic acids is 2. The van der Waals surface area contributed by atoms with Gasteiger partial charge in [-0.2, -0.15) is 0 Å². The van der Waals surface area contributed by atoms with Gasteiger partial charge in [0.1, 0.15) is 0 Å². The number of carboxylic acids is 2. The highest BCUT2D eigenvalue weighted by Gasteiger charge is 2.26. The monoisotopic (exact) mass is 184 g/mol. The predicted octanol–water partition coefficient (Wildman–Crippen LogP) is 1.27. The number of hydrogen-bond donors (Lipinski definition) is 2. The van der Waals surface area contributed by atoms with Crippen LogP contribution in [-0.4, -0.2) is 22.2 Å². The molecule has 1 aliphatic carbocycles. The van der Waals surface area contributed by atoms with Crippen LogP contribution in [0.3, 0.4) is 0 Å². The van der Waals surface area contributed by atoms with Crippen molar-refractivity contribution in [2.75, 3.05) is 0 Å². The molecule has 0 spiro atoms. The van der Waals surface area contributed by atoms with Gasteiger partial charge < -0.3 is 10.2 Å². The summed E-state index contributed by atoms with van der Waals surface area (Å²) in [6, 6.07) is 0. The Balaban J connectivity index is 3.01. The summed E-state index contributed by atoms with van der Waals surface area (Å²) in [4.78, 5) is 21.3. The molecule has 0 bridgehead atoms. The van der Waals surface area contributed by atoms with Gasteiger partial charge in [-0.3, -0.25) is 0 Å². The fraction of sp³-hybridized carbons (Fsp3) is 0.556. The molecular formula is C9H12O4. The van der Waals surface area contributed by atoms with Gasteiger partial charge in [-0.25, -0.2) is 9.59 Å². The lowest BCUT2D eigenvalue weighted by Gasteiger charge is -2.19. The number of carbonyl (C=O) groups is 2. The highest BCUT2D eigenvalue weighted by atomic mass is 16.4. The van der Waals surface area contributed by atoms with Gasteiger partial charge in [0.15, 0.2) is 0 Å². The summed E-state index contributed by atoms with van der Waals surface area (Å²) >= 11 is 0. The molecule has 0 unspecified atom stereocenters. The van der Waals surface area contributed by atoms with E-state index in [9.17, 15) is 9.59 Å². The van der Waals surface area contributed by atoms with E-state index in [1.54, 1.807) is 0 Å². The van der Waals surface area contributed by atoms with E-state index in [-0.39, 0.29) is 17.1 Å². The van der Waals surface area contributed by atoms with Crippen molar-refractivity contribution >= 4 is 11.9 Å². The van der Waals surface area contributed by atoms with Crippen molar-refractivity contribution in [3.05, 3.63) is 11.1 Å². The van der Waals surface area contributed by atoms with E-state index in [1.165, 1.54) is 0 Å². The van der Waals surface area contributed by atoms with Gasteiger partial charge in [-0.15, -0.1) is 0 Å². The zero-order chi connectivity index (χ0) is 10.0. The fourth-order valence-corrected chi connectivity index (χ4v) is 1.57. The third-order valence-electron chi connectivity index (χ3n) is 2.32. The zero-order valence-electron chi connectivity index (χ0n) is 7.41. The fourth-order valence-electron chi connectivity index (χ4n) is 1.57. The van der Waals surface area contributed by atoms with Crippen molar-refractivity contribution < 1.29 is 19.8 Å². The van der Waals surface area contributed by atoms with E-state index in [1.807, 2.05) is 6.92 Å². The van der Waals surface area contributed by atoms with Crippen LogP contribution in [0.15, 0.2) is 11.1 Å². The van der Waals surface area contributed by atoms with Crippen molar-refractivity contribution in [2.24, 2.45) is 5.92 Å². The molecule has 1 rings (SSSR count). The number of hydrogen-bond acceptors (Lipinski definition) is 2. The Morgan fingerprint density at radius 3 is 2.23 bits per heavy atom. The maximum atomic E-state index is 10.7. The first-order valence-corrected chi connectivity index (χ1v) is 4.21. The molecule has 0 aliphatic heterocycles. The van der Waals surface area contributed by atoms with Crippen LogP contribution in [0.4, 0.5) is 0 Å². The standard InChI is InChI=1S/C9H12O4/c1-5-2-3-6(8(10)11)7(4-5)9(12)13/h5H,2-4H2,1H3,(H,10,11)(H,12,13)/t5-/m1/s1. The van der Waals surface area contributed by atoms with E-state index >= 15 is 0 Å². The lowest BCUT2D eigenvalue weighted by atomic mass is 9.85. The summed E-state index contributed by atoms with van der Waals surface area (Å²) in [5.41, 5.74) is 0.150. The first kappa shape index (κ1) is 9.77. The van der Waals surface area contributed by atoms with Crippen molar-refractivity contribution in [1.29, 1.82) is 0 Å². The van der Waals surface area contributed by atoms with Gasteiger partial charge in [0.05, 0.1) is 0 Å². The van der Waals surface area contributed by atoms with Gasteiger partial charge in [0.2, 0.25) is 0 Å². The third-order valence-corrected chi connectivity index (χ3v) is 2.32. The van der Waals surface area contributed by atoms with Crippen molar-refractivity contribution in [3.63, 3.8) is 0 Å². The van der Waals surface area contributed by atoms with Gasteiger partial charge >= 0.3 is 11.9 Å². The molecule has 1 atom stereocenters. The van der Waals surface area contributed by atoms with E-state index < -0.39 is 11.9 Å². The van der Waals surface area contributed by atoms with Crippen LogP contribution in [0.5, 0.6) is 0 Å². The molecule has 1 aliphatic rings. The highest BCUT2D eigenvalue weighted by Crippen LogP contribution is 2.29. The molecule has 0 saturated heterocycles. The van der Waals surface area contributed by atoms with Gasteiger partial charge in [0, 0.05) is 11.1 Å². The molecule has 2 N–H and O–H groups in total. The van der Waals surface area contributed by atoms with Crippen molar-refractivity contribution in [1.82, 2.24) is 0 Å². The summed E-state index contributed by atoms with van der Waals surface area (Å²) in [6.45, 7) is 1.93. The lowest BCUT2D eigenvalue weighted by Crippen LogP contribution is -2.18. The Bertz CT molecular complexity index is 277. The van der Waals surface area contributed by atoms with Crippen molar-refractivity contribution in [3.8, 4) is 0 Å². The SMILES string of the molecule is C[C@@H]1CCC(C(=O)O)=C(C(=O)O)C1. The van der Waals surface area contributed by atoms with E-state index in [2.05, 4.69) is 0 Å².